The highest BCUT2D eigenvalue weighted by Crippen LogP contribution is 2.32. The number of carboxylic acids is 2. The molecule has 0 aliphatic rings. The van der Waals surface area contributed by atoms with Gasteiger partial charge in [-0.15, -0.1) is 10.2 Å². The molecule has 186 valence electrons. The Morgan fingerprint density at radius 3 is 2.38 bits per heavy atom. The number of carbonyl (C=O) groups is 3. The van der Waals surface area contributed by atoms with Gasteiger partial charge in [0.1, 0.15) is 0 Å². The van der Waals surface area contributed by atoms with Gasteiger partial charge in [-0.25, -0.2) is 0 Å². The predicted octanol–water partition coefficient (Wildman–Crippen LogP) is 3.07. The molecule has 4 N–H and O–H groups in total. The van der Waals surface area contributed by atoms with Crippen molar-refractivity contribution in [3.63, 3.8) is 0 Å². The lowest BCUT2D eigenvalue weighted by Gasteiger charge is -2.15. The van der Waals surface area contributed by atoms with Crippen LogP contribution in [0.2, 0.25) is 0 Å². The molecule has 5 rings (SSSR count). The number of fused-ring (bicyclic) bond motifs is 3. The number of H-pyrrole nitrogens is 1. The maximum absolute atomic E-state index is 12.8. The molecular formula is C26H22N6O5. The number of nitrogens with zero attached hydrogens (tertiary/aromatic N) is 4. The molecule has 0 spiro atoms. The van der Waals surface area contributed by atoms with Gasteiger partial charge in [-0.1, -0.05) is 30.3 Å². The van der Waals surface area contributed by atoms with Crippen LogP contribution in [-0.4, -0.2) is 59.3 Å². The van der Waals surface area contributed by atoms with Crippen molar-refractivity contribution in [1.82, 2.24) is 30.5 Å². The molecule has 2 aromatic heterocycles. The Labute approximate surface area is 209 Å². The van der Waals surface area contributed by atoms with Crippen LogP contribution in [-0.2, 0) is 16.1 Å². The van der Waals surface area contributed by atoms with Crippen molar-refractivity contribution in [2.75, 3.05) is 0 Å². The van der Waals surface area contributed by atoms with Crippen molar-refractivity contribution in [3.05, 3.63) is 77.9 Å². The van der Waals surface area contributed by atoms with Crippen LogP contribution in [0.1, 0.15) is 28.8 Å². The fourth-order valence-corrected chi connectivity index (χ4v) is 4.51. The van der Waals surface area contributed by atoms with Crippen molar-refractivity contribution in [3.8, 4) is 11.4 Å². The topological polar surface area (TPSA) is 163 Å². The number of benzene rings is 3. The molecule has 0 aliphatic heterocycles. The number of hydrogen-bond acceptors (Lipinski definition) is 6. The Bertz CT molecular complexity index is 1610. The van der Waals surface area contributed by atoms with Gasteiger partial charge in [0, 0.05) is 39.5 Å². The Kier molecular flexibility index (Phi) is 6.33. The van der Waals surface area contributed by atoms with Gasteiger partial charge in [0.15, 0.2) is 0 Å². The summed E-state index contributed by atoms with van der Waals surface area (Å²) in [6.07, 6.45) is -0.962. The van der Waals surface area contributed by atoms with E-state index < -0.39 is 36.7 Å². The molecule has 0 fully saturated rings. The minimum absolute atomic E-state index is 0.318. The van der Waals surface area contributed by atoms with Crippen molar-refractivity contribution in [2.45, 2.75) is 25.4 Å². The van der Waals surface area contributed by atoms with E-state index in [-0.39, 0.29) is 0 Å². The molecule has 0 saturated heterocycles. The average Bonchev–Trinajstić information content (AvgIpc) is 3.51. The smallest absolute Gasteiger partial charge is 0.305 e. The van der Waals surface area contributed by atoms with E-state index in [0.717, 1.165) is 32.9 Å². The first-order chi connectivity index (χ1) is 17.9. The van der Waals surface area contributed by atoms with Gasteiger partial charge in [0.25, 0.3) is 5.91 Å². The number of carbonyl (C=O) groups excluding carboxylic acids is 1. The first kappa shape index (κ1) is 23.7. The van der Waals surface area contributed by atoms with E-state index in [9.17, 15) is 14.4 Å². The monoisotopic (exact) mass is 498 g/mol. The number of hydrogen-bond donors (Lipinski definition) is 4. The molecule has 5 aromatic rings. The van der Waals surface area contributed by atoms with Crippen LogP contribution >= 0.6 is 0 Å². The van der Waals surface area contributed by atoms with Gasteiger partial charge in [0.05, 0.1) is 18.9 Å². The summed E-state index contributed by atoms with van der Waals surface area (Å²) in [4.78, 5) is 35.0. The molecule has 0 saturated carbocycles. The molecule has 37 heavy (non-hydrogen) atoms. The lowest BCUT2D eigenvalue weighted by molar-refractivity contribution is -0.139. The zero-order valence-electron chi connectivity index (χ0n) is 19.5. The van der Waals surface area contributed by atoms with Gasteiger partial charge in [-0.3, -0.25) is 14.4 Å². The first-order valence-electron chi connectivity index (χ1n) is 11.5. The Morgan fingerprint density at radius 1 is 0.892 bits per heavy atom. The molecule has 1 amide bonds. The molecular weight excluding hydrogens is 476 g/mol. The second kappa shape index (κ2) is 9.90. The van der Waals surface area contributed by atoms with Crippen LogP contribution in [0, 0.1) is 0 Å². The molecule has 11 heteroatoms. The van der Waals surface area contributed by atoms with Crippen molar-refractivity contribution in [1.29, 1.82) is 0 Å². The van der Waals surface area contributed by atoms with Crippen molar-refractivity contribution >= 4 is 39.7 Å². The second-order valence-corrected chi connectivity index (χ2v) is 8.64. The zero-order chi connectivity index (χ0) is 25.9. The summed E-state index contributed by atoms with van der Waals surface area (Å²) in [5.74, 6) is -2.40. The summed E-state index contributed by atoms with van der Waals surface area (Å²) < 4.78 is 2.15. The summed E-state index contributed by atoms with van der Waals surface area (Å²) in [7, 11) is 0. The molecule has 0 radical (unpaired) electrons. The third-order valence-corrected chi connectivity index (χ3v) is 6.08. The summed E-state index contributed by atoms with van der Waals surface area (Å²) in [6, 6.07) is 19.9. The number of aromatic amines is 1. The normalized spacial score (nSPS) is 11.3. The van der Waals surface area contributed by atoms with E-state index in [2.05, 4.69) is 30.5 Å². The van der Waals surface area contributed by atoms with E-state index >= 15 is 0 Å². The van der Waals surface area contributed by atoms with Crippen LogP contribution < -0.4 is 5.32 Å². The molecule has 2 heterocycles. The van der Waals surface area contributed by atoms with Gasteiger partial charge in [-0.2, -0.15) is 5.21 Å². The third kappa shape index (κ3) is 5.01. The van der Waals surface area contributed by atoms with Crippen LogP contribution in [0.15, 0.2) is 66.7 Å². The number of carboxylic acid groups (broad SMARTS) is 2. The maximum atomic E-state index is 12.8. The lowest BCUT2D eigenvalue weighted by Crippen LogP contribution is -2.38. The summed E-state index contributed by atoms with van der Waals surface area (Å²) in [5, 5.41) is 37.0. The van der Waals surface area contributed by atoms with Crippen molar-refractivity contribution in [2.24, 2.45) is 0 Å². The van der Waals surface area contributed by atoms with Crippen molar-refractivity contribution < 1.29 is 24.6 Å². The maximum Gasteiger partial charge on any atom is 0.305 e. The lowest BCUT2D eigenvalue weighted by atomic mass is 10.1. The number of aromatic nitrogens is 5. The number of aliphatic carboxylic acids is 2. The number of rotatable bonds is 9. The average molecular weight is 498 g/mol. The number of para-hydroxylation sites is 1. The highest BCUT2D eigenvalue weighted by Gasteiger charge is 2.20. The van der Waals surface area contributed by atoms with E-state index in [4.69, 9.17) is 10.2 Å². The largest absolute Gasteiger partial charge is 0.481 e. The van der Waals surface area contributed by atoms with E-state index in [1.165, 1.54) is 0 Å². The van der Waals surface area contributed by atoms with Crippen LogP contribution in [0.25, 0.3) is 33.2 Å². The second-order valence-electron chi connectivity index (χ2n) is 8.64. The summed E-state index contributed by atoms with van der Waals surface area (Å²) in [6.45, 7) is 0.473. The van der Waals surface area contributed by atoms with Gasteiger partial charge in [0.2, 0.25) is 5.82 Å². The van der Waals surface area contributed by atoms with E-state index in [1.807, 2.05) is 48.5 Å². The zero-order valence-corrected chi connectivity index (χ0v) is 19.5. The number of amides is 1. The van der Waals surface area contributed by atoms with E-state index in [0.29, 0.717) is 17.9 Å². The highest BCUT2D eigenvalue weighted by atomic mass is 16.4. The molecule has 0 unspecified atom stereocenters. The fourth-order valence-electron chi connectivity index (χ4n) is 4.51. The Balaban J connectivity index is 1.46. The first-order valence-corrected chi connectivity index (χ1v) is 11.5. The highest BCUT2D eigenvalue weighted by molar-refractivity contribution is 6.09. The molecule has 0 bridgehead atoms. The minimum atomic E-state index is -1.19. The van der Waals surface area contributed by atoms with E-state index in [1.54, 1.807) is 18.2 Å². The summed E-state index contributed by atoms with van der Waals surface area (Å²) in [5.41, 5.74) is 4.01. The molecule has 0 aliphatic carbocycles. The standard InChI is InChI=1S/C26H22N6O5/c33-23(34)12-18(13-24(35)36)27-26(37)17-5-3-4-15(10-17)14-32-21-7-2-1-6-19(21)20-11-16(8-9-22(20)32)25-28-30-31-29-25/h1-11,18H,12-14H2,(H,27,37)(H,33,34)(H,35,36)(H,28,29,30,31). The quantitative estimate of drug-likeness (QED) is 0.241. The SMILES string of the molecule is O=C(O)CC(CC(=O)O)NC(=O)c1cccc(Cn2c3ccccc3c3cc(-c4nn[nH]n4)ccc32)c1. The summed E-state index contributed by atoms with van der Waals surface area (Å²) >= 11 is 0. The van der Waals surface area contributed by atoms with Crippen LogP contribution in [0.5, 0.6) is 0 Å². The van der Waals surface area contributed by atoms with Gasteiger partial charge >= 0.3 is 11.9 Å². The molecule has 0 atom stereocenters. The van der Waals surface area contributed by atoms with Gasteiger partial charge in [-0.05, 0) is 47.2 Å². The molecule has 11 nitrogen and oxygen atoms in total. The number of nitrogens with one attached hydrogen (secondary N) is 2. The third-order valence-electron chi connectivity index (χ3n) is 6.08. The van der Waals surface area contributed by atoms with Gasteiger partial charge < -0.3 is 20.1 Å². The Hall–Kier alpha value is -5.06. The molecule has 3 aromatic carbocycles. The van der Waals surface area contributed by atoms with Crippen LogP contribution in [0.3, 0.4) is 0 Å². The van der Waals surface area contributed by atoms with Crippen LogP contribution in [0.4, 0.5) is 0 Å². The fraction of sp³-hybridized carbons (Fsp3) is 0.154. The predicted molar refractivity (Wildman–Crippen MR) is 134 cm³/mol. The minimum Gasteiger partial charge on any atom is -0.481 e. The number of tetrazole rings is 1. The Morgan fingerprint density at radius 2 is 1.65 bits per heavy atom.